The van der Waals surface area contributed by atoms with E-state index >= 15 is 0 Å². The van der Waals surface area contributed by atoms with Gasteiger partial charge in [-0.25, -0.2) is 0 Å². The van der Waals surface area contributed by atoms with Gasteiger partial charge in [0, 0.05) is 16.7 Å². The summed E-state index contributed by atoms with van der Waals surface area (Å²) >= 11 is 0. The summed E-state index contributed by atoms with van der Waals surface area (Å²) in [6.45, 7) is 6.39. The van der Waals surface area contributed by atoms with Gasteiger partial charge in [0.2, 0.25) is 0 Å². The van der Waals surface area contributed by atoms with E-state index in [0.717, 1.165) is 52.7 Å². The number of hydrogen-bond donors (Lipinski definition) is 0. The van der Waals surface area contributed by atoms with Crippen molar-refractivity contribution < 1.29 is 27.7 Å². The first-order valence-electron chi connectivity index (χ1n) is 15.7. The van der Waals surface area contributed by atoms with Gasteiger partial charge in [-0.15, -0.1) is 15.0 Å². The second kappa shape index (κ2) is 15.8. The minimum Gasteiger partial charge on any atom is -0.457 e. The molecule has 0 radical (unpaired) electrons. The first-order valence-corrected chi connectivity index (χ1v) is 15.7. The maximum Gasteiger partial charge on any atom is 0.326 e. The Labute approximate surface area is 269 Å². The van der Waals surface area contributed by atoms with Crippen LogP contribution >= 0.6 is 0 Å². The second-order valence-corrected chi connectivity index (χ2v) is 13.6. The Hall–Kier alpha value is -4.05. The van der Waals surface area contributed by atoms with Gasteiger partial charge >= 0.3 is 18.0 Å². The monoisotopic (exact) mass is 615 g/mol. The number of aromatic nitrogens is 3. The third-order valence-corrected chi connectivity index (χ3v) is 7.72. The fourth-order valence-corrected chi connectivity index (χ4v) is 5.14. The van der Waals surface area contributed by atoms with Crippen LogP contribution in [0.1, 0.15) is 16.7 Å². The highest BCUT2D eigenvalue weighted by atomic mass is 16.5. The zero-order chi connectivity index (χ0) is 32.2. The van der Waals surface area contributed by atoms with Crippen molar-refractivity contribution in [3.05, 3.63) is 108 Å². The predicted octanol–water partition coefficient (Wildman–Crippen LogP) is 4.84. The van der Waals surface area contributed by atoms with Gasteiger partial charge in [0.15, 0.2) is 0 Å². The van der Waals surface area contributed by atoms with Gasteiger partial charge in [-0.1, -0.05) is 91.0 Å². The Morgan fingerprint density at radius 3 is 0.889 bits per heavy atom. The summed E-state index contributed by atoms with van der Waals surface area (Å²) in [6, 6.07) is 32.1. The summed E-state index contributed by atoms with van der Waals surface area (Å²) in [5, 5.41) is 0. The van der Waals surface area contributed by atoms with E-state index in [0.29, 0.717) is 19.8 Å². The highest BCUT2D eigenvalue weighted by Gasteiger charge is 2.21. The van der Waals surface area contributed by atoms with Gasteiger partial charge < -0.3 is 27.7 Å². The van der Waals surface area contributed by atoms with E-state index in [1.807, 2.05) is 18.2 Å². The molecule has 4 aromatic rings. The van der Waals surface area contributed by atoms with Crippen LogP contribution in [0.3, 0.4) is 0 Å². The van der Waals surface area contributed by atoms with Crippen molar-refractivity contribution in [2.24, 2.45) is 0 Å². The van der Waals surface area contributed by atoms with E-state index in [4.69, 9.17) is 14.2 Å². The third-order valence-electron chi connectivity index (χ3n) is 7.72. The largest absolute Gasteiger partial charge is 0.457 e. The summed E-state index contributed by atoms with van der Waals surface area (Å²) in [6.07, 6.45) is 0. The van der Waals surface area contributed by atoms with Crippen molar-refractivity contribution in [1.82, 2.24) is 15.0 Å². The van der Waals surface area contributed by atoms with E-state index in [1.165, 1.54) is 16.7 Å². The second-order valence-electron chi connectivity index (χ2n) is 13.6. The molecular weight excluding hydrogens is 564 g/mol. The molecule has 0 fully saturated rings. The first kappa shape index (κ1) is 33.8. The molecule has 0 bridgehead atoms. The lowest BCUT2D eigenvalue weighted by Gasteiger charge is -2.30. The van der Waals surface area contributed by atoms with E-state index in [-0.39, 0.29) is 18.0 Å². The van der Waals surface area contributed by atoms with Crippen LogP contribution in [0.25, 0.3) is 0 Å². The molecule has 0 N–H and O–H groups in total. The van der Waals surface area contributed by atoms with Gasteiger partial charge in [-0.05, 0) is 0 Å². The van der Waals surface area contributed by atoms with Crippen molar-refractivity contribution in [2.75, 3.05) is 81.7 Å². The molecule has 45 heavy (non-hydrogen) atoms. The Bertz CT molecular complexity index is 1250. The van der Waals surface area contributed by atoms with Crippen LogP contribution in [-0.4, -0.2) is 110 Å². The highest BCUT2D eigenvalue weighted by molar-refractivity contribution is 5.15. The molecule has 0 saturated heterocycles. The Kier molecular flexibility index (Phi) is 11.9. The molecule has 0 aliphatic heterocycles. The molecule has 0 aliphatic carbocycles. The summed E-state index contributed by atoms with van der Waals surface area (Å²) in [5.74, 6) is 0. The molecule has 240 valence electrons. The van der Waals surface area contributed by atoms with E-state index < -0.39 is 0 Å². The van der Waals surface area contributed by atoms with Gasteiger partial charge in [-0.2, -0.15) is 0 Å². The molecule has 9 heteroatoms. The maximum atomic E-state index is 6.07. The number of hydrogen-bond acceptors (Lipinski definition) is 6. The quantitative estimate of drug-likeness (QED) is 0.149. The Morgan fingerprint density at radius 1 is 0.400 bits per heavy atom. The molecule has 1 heterocycles. The molecule has 4 rings (SSSR count). The van der Waals surface area contributed by atoms with Crippen molar-refractivity contribution in [2.45, 2.75) is 19.6 Å². The molecular formula is C36H51N6O3+3. The van der Waals surface area contributed by atoms with Gasteiger partial charge in [0.1, 0.15) is 59.1 Å². The SMILES string of the molecule is C[N+](C)(CCOc1nc(OCC[N+](C)(C)Cc2ccccc2)nc(OCC[N+](C)(C)Cc2ccccc2)n1)Cc1ccccc1. The molecule has 3 aromatic carbocycles. The zero-order valence-electron chi connectivity index (χ0n) is 27.9. The van der Waals surface area contributed by atoms with Crippen LogP contribution in [-0.2, 0) is 19.6 Å². The van der Waals surface area contributed by atoms with Gasteiger partial charge in [0.25, 0.3) is 0 Å². The number of benzene rings is 3. The van der Waals surface area contributed by atoms with Crippen LogP contribution in [0.4, 0.5) is 0 Å². The molecule has 0 saturated carbocycles. The van der Waals surface area contributed by atoms with E-state index in [9.17, 15) is 0 Å². The number of nitrogens with zero attached hydrogens (tertiary/aromatic N) is 6. The molecule has 0 atom stereocenters. The average Bonchev–Trinajstić information content (AvgIpc) is 2.98. The van der Waals surface area contributed by atoms with Crippen LogP contribution in [0, 0.1) is 0 Å². The van der Waals surface area contributed by atoms with Gasteiger partial charge in [-0.3, -0.25) is 0 Å². The standard InChI is InChI=1S/C36H51N6O3/c1-40(2,28-31-16-10-7-11-17-31)22-25-43-34-37-35(44-26-23-41(3,4)29-32-18-12-8-13-19-32)39-36(38-34)45-27-24-42(5,6)30-33-20-14-9-15-21-33/h7-21H,22-30H2,1-6H3/q+3. The predicted molar refractivity (Wildman–Crippen MR) is 178 cm³/mol. The van der Waals surface area contributed by atoms with Crippen molar-refractivity contribution in [1.29, 1.82) is 0 Å². The fraction of sp³-hybridized carbons (Fsp3) is 0.417. The lowest BCUT2D eigenvalue weighted by Crippen LogP contribution is -2.42. The maximum absolute atomic E-state index is 6.07. The number of quaternary nitrogens is 3. The molecule has 0 spiro atoms. The van der Waals surface area contributed by atoms with E-state index in [2.05, 4.69) is 130 Å². The topological polar surface area (TPSA) is 66.4 Å². The lowest BCUT2D eigenvalue weighted by molar-refractivity contribution is -0.903. The number of ether oxygens (including phenoxy) is 3. The van der Waals surface area contributed by atoms with Crippen molar-refractivity contribution >= 4 is 0 Å². The van der Waals surface area contributed by atoms with Crippen LogP contribution in [0.15, 0.2) is 91.0 Å². The smallest absolute Gasteiger partial charge is 0.326 e. The Balaban J connectivity index is 1.37. The minimum absolute atomic E-state index is 0.214. The molecule has 0 amide bonds. The number of rotatable bonds is 18. The molecule has 0 unspecified atom stereocenters. The van der Waals surface area contributed by atoms with E-state index in [1.54, 1.807) is 0 Å². The summed E-state index contributed by atoms with van der Waals surface area (Å²) < 4.78 is 20.5. The summed E-state index contributed by atoms with van der Waals surface area (Å²) in [4.78, 5) is 13.5. The average molecular weight is 616 g/mol. The Morgan fingerprint density at radius 2 is 0.644 bits per heavy atom. The zero-order valence-corrected chi connectivity index (χ0v) is 27.9. The van der Waals surface area contributed by atoms with Crippen molar-refractivity contribution in [3.8, 4) is 18.0 Å². The summed E-state index contributed by atoms with van der Waals surface area (Å²) in [5.41, 5.74) is 3.86. The number of likely N-dealkylation sites (N-methyl/N-ethyl adjacent to an activating group) is 3. The van der Waals surface area contributed by atoms with Gasteiger partial charge in [0.05, 0.1) is 42.3 Å². The minimum atomic E-state index is 0.214. The lowest BCUT2D eigenvalue weighted by atomic mass is 10.2. The van der Waals surface area contributed by atoms with Crippen molar-refractivity contribution in [3.63, 3.8) is 0 Å². The van der Waals surface area contributed by atoms with Crippen LogP contribution in [0.2, 0.25) is 0 Å². The van der Waals surface area contributed by atoms with Crippen LogP contribution < -0.4 is 14.2 Å². The van der Waals surface area contributed by atoms with Crippen LogP contribution in [0.5, 0.6) is 18.0 Å². The normalized spacial score (nSPS) is 12.1. The summed E-state index contributed by atoms with van der Waals surface area (Å²) in [7, 11) is 13.2. The highest BCUT2D eigenvalue weighted by Crippen LogP contribution is 2.17. The molecule has 0 aliphatic rings. The third kappa shape index (κ3) is 12.5. The molecule has 9 nitrogen and oxygen atoms in total. The fourth-order valence-electron chi connectivity index (χ4n) is 5.14. The first-order chi connectivity index (χ1) is 21.5. The molecule has 1 aromatic heterocycles.